The summed E-state index contributed by atoms with van der Waals surface area (Å²) in [5.74, 6) is 5.36. The summed E-state index contributed by atoms with van der Waals surface area (Å²) in [6, 6.07) is 11.9. The lowest BCUT2D eigenvalue weighted by atomic mass is 9.67. The largest absolute Gasteiger partial charge is 0.490 e. The summed E-state index contributed by atoms with van der Waals surface area (Å²) in [4.78, 5) is 15.8. The number of nitrogens with zero attached hydrogens (tertiary/aromatic N) is 1. The zero-order valence-electron chi connectivity index (χ0n) is 24.3. The molecule has 5 aliphatic rings. The van der Waals surface area contributed by atoms with Crippen LogP contribution in [0.4, 0.5) is 5.69 Å². The summed E-state index contributed by atoms with van der Waals surface area (Å²) in [5, 5.41) is 0.771. The van der Waals surface area contributed by atoms with Crippen molar-refractivity contribution in [1.82, 2.24) is 4.72 Å². The summed E-state index contributed by atoms with van der Waals surface area (Å²) in [7, 11) is -2.87. The fourth-order valence-corrected chi connectivity index (χ4v) is 9.14. The van der Waals surface area contributed by atoms with Crippen LogP contribution in [0.25, 0.3) is 0 Å². The molecule has 1 saturated carbocycles. The van der Waals surface area contributed by atoms with Gasteiger partial charge in [0.25, 0.3) is 5.91 Å². The molecule has 1 amide bonds. The zero-order valence-corrected chi connectivity index (χ0v) is 25.9. The van der Waals surface area contributed by atoms with E-state index >= 15 is 0 Å². The minimum Gasteiger partial charge on any atom is -0.490 e. The summed E-state index contributed by atoms with van der Waals surface area (Å²) in [6.45, 7) is 4.64. The monoisotopic (exact) mass is 612 g/mol. The predicted octanol–water partition coefficient (Wildman–Crippen LogP) is 5.17. The van der Waals surface area contributed by atoms with Crippen LogP contribution in [0, 0.1) is 11.8 Å². The molecule has 2 aromatic carbocycles. The molecule has 2 fully saturated rings. The van der Waals surface area contributed by atoms with Crippen molar-refractivity contribution in [1.29, 1.82) is 0 Å². The Hall–Kier alpha value is -2.26. The number of anilines is 1. The Labute approximate surface area is 254 Å². The van der Waals surface area contributed by atoms with Crippen LogP contribution < -0.4 is 14.4 Å². The van der Waals surface area contributed by atoms with Crippen molar-refractivity contribution < 1.29 is 23.2 Å². The number of carbonyl (C=O) groups excluding carboxylic acids is 1. The molecule has 7 rings (SSSR count). The molecule has 0 aromatic heterocycles. The molecular formula is C33H41ClN2O5S. The maximum Gasteiger partial charge on any atom is 0.262 e. The Kier molecular flexibility index (Phi) is 7.48. The Balaban J connectivity index is 1.29. The lowest BCUT2D eigenvalue weighted by Crippen LogP contribution is -2.51. The molecule has 42 heavy (non-hydrogen) atoms. The highest BCUT2D eigenvalue weighted by atomic mass is 35.5. The highest BCUT2D eigenvalue weighted by molar-refractivity contribution is 7.99. The number of nitrogens with one attached hydrogen (secondary N) is 1. The molecule has 1 N–H and O–H groups in total. The molecule has 226 valence electrons. The van der Waals surface area contributed by atoms with Crippen LogP contribution in [-0.4, -0.2) is 66.4 Å². The van der Waals surface area contributed by atoms with Crippen molar-refractivity contribution in [3.63, 3.8) is 0 Å². The molecule has 7 atom stereocenters. The normalized spacial score (nSPS) is 36.5. The van der Waals surface area contributed by atoms with E-state index in [2.05, 4.69) is 34.5 Å². The maximum absolute atomic E-state index is 13.4. The van der Waals surface area contributed by atoms with E-state index in [9.17, 15) is 9.00 Å². The van der Waals surface area contributed by atoms with Crippen molar-refractivity contribution >= 4 is 38.8 Å². The van der Waals surface area contributed by atoms with Gasteiger partial charge in [-0.1, -0.05) is 17.7 Å². The Morgan fingerprint density at radius 2 is 2.05 bits per heavy atom. The van der Waals surface area contributed by atoms with E-state index < -0.39 is 9.71 Å². The summed E-state index contributed by atoms with van der Waals surface area (Å²) in [6.07, 6.45) is 7.40. The predicted molar refractivity (Wildman–Crippen MR) is 167 cm³/mol. The molecular weight excluding hydrogens is 572 g/mol. The third-order valence-electron chi connectivity index (χ3n) is 10.3. The fourth-order valence-electron chi connectivity index (χ4n) is 8.02. The first-order valence-electron chi connectivity index (χ1n) is 15.4. The van der Waals surface area contributed by atoms with Gasteiger partial charge >= 0.3 is 0 Å². The average molecular weight is 613 g/mol. The van der Waals surface area contributed by atoms with Gasteiger partial charge < -0.3 is 19.1 Å². The highest BCUT2D eigenvalue weighted by Crippen LogP contribution is 2.48. The van der Waals surface area contributed by atoms with E-state index in [0.717, 1.165) is 74.5 Å². The molecule has 1 spiro atoms. The first-order chi connectivity index (χ1) is 20.2. The second kappa shape index (κ2) is 11.0. The lowest BCUT2D eigenvalue weighted by Gasteiger charge is -2.48. The Morgan fingerprint density at radius 1 is 1.17 bits per heavy atom. The number of fused-ring (bicyclic) bond motifs is 7. The molecule has 1 saturated heterocycles. The highest BCUT2D eigenvalue weighted by Gasteiger charge is 2.46. The van der Waals surface area contributed by atoms with Crippen LogP contribution in [-0.2, 0) is 31.0 Å². The van der Waals surface area contributed by atoms with Gasteiger partial charge in [-0.3, -0.25) is 9.52 Å². The first kappa shape index (κ1) is 28.5. The van der Waals surface area contributed by atoms with Crippen molar-refractivity contribution in [2.75, 3.05) is 37.0 Å². The number of benzene rings is 2. The Bertz CT molecular complexity index is 1480. The number of rotatable bonds is 0. The summed E-state index contributed by atoms with van der Waals surface area (Å²) < 4.78 is 35.3. The summed E-state index contributed by atoms with van der Waals surface area (Å²) >= 11 is 6.43. The minimum atomic E-state index is -2.87. The molecule has 9 heteroatoms. The van der Waals surface area contributed by atoms with Gasteiger partial charge in [0.15, 0.2) is 0 Å². The number of amides is 1. The fraction of sp³-hybridized carbons (Fsp3) is 0.576. The van der Waals surface area contributed by atoms with Gasteiger partial charge in [-0.05, 0) is 105 Å². The van der Waals surface area contributed by atoms with Gasteiger partial charge in [0, 0.05) is 45.2 Å². The first-order valence-corrected chi connectivity index (χ1v) is 17.7. The topological polar surface area (TPSA) is 77.1 Å². The van der Waals surface area contributed by atoms with E-state index in [-0.39, 0.29) is 35.4 Å². The van der Waals surface area contributed by atoms with Crippen LogP contribution in [0.1, 0.15) is 66.9 Å². The zero-order chi connectivity index (χ0) is 29.1. The Morgan fingerprint density at radius 3 is 2.88 bits per heavy atom. The van der Waals surface area contributed by atoms with Crippen molar-refractivity contribution in [3.8, 4) is 5.75 Å². The van der Waals surface area contributed by atoms with Gasteiger partial charge in [-0.15, -0.1) is 0 Å². The average Bonchev–Trinajstić information content (AvgIpc) is 3.07. The second-order valence-corrected chi connectivity index (χ2v) is 15.9. The van der Waals surface area contributed by atoms with Crippen LogP contribution in [0.15, 0.2) is 36.4 Å². The molecule has 2 aliphatic carbocycles. The lowest BCUT2D eigenvalue weighted by molar-refractivity contribution is -0.146. The van der Waals surface area contributed by atoms with Crippen molar-refractivity contribution in [2.45, 2.75) is 75.6 Å². The van der Waals surface area contributed by atoms with Crippen LogP contribution in [0.2, 0.25) is 5.02 Å². The van der Waals surface area contributed by atoms with E-state index in [1.807, 2.05) is 18.2 Å². The van der Waals surface area contributed by atoms with Gasteiger partial charge in [-0.25, -0.2) is 4.21 Å². The second-order valence-electron chi connectivity index (χ2n) is 13.2. The number of hydrogen-bond donors (Lipinski definition) is 1. The molecule has 1 unspecified atom stereocenters. The number of hydrogen-bond acceptors (Lipinski definition) is 6. The van der Waals surface area contributed by atoms with E-state index in [0.29, 0.717) is 30.6 Å². The molecule has 0 radical (unpaired) electrons. The number of halogens is 1. The molecule has 3 heterocycles. The quantitative estimate of drug-likeness (QED) is 0.414. The SMILES string of the molecule is C=S1(=O)CCO[C@@H]2C[C@H](C)O[C@H](C2)[C@@H]2CC[C@H]2CN2C[C@@]3(CCCc4cc(Cl)ccc43)COc3ccc(cc32)C(=O)N1. The minimum absolute atomic E-state index is 0.0542. The van der Waals surface area contributed by atoms with E-state index in [1.165, 1.54) is 11.1 Å². The maximum atomic E-state index is 13.4. The molecule has 4 bridgehead atoms. The van der Waals surface area contributed by atoms with Crippen molar-refractivity contribution in [3.05, 3.63) is 58.1 Å². The van der Waals surface area contributed by atoms with E-state index in [1.54, 1.807) is 6.07 Å². The van der Waals surface area contributed by atoms with Crippen LogP contribution in [0.5, 0.6) is 5.75 Å². The van der Waals surface area contributed by atoms with Crippen molar-refractivity contribution in [2.24, 2.45) is 11.8 Å². The van der Waals surface area contributed by atoms with Gasteiger partial charge in [0.1, 0.15) is 5.75 Å². The third-order valence-corrected chi connectivity index (χ3v) is 11.9. The van der Waals surface area contributed by atoms with Crippen LogP contribution in [0.3, 0.4) is 0 Å². The van der Waals surface area contributed by atoms with Crippen LogP contribution >= 0.6 is 11.6 Å². The van der Waals surface area contributed by atoms with E-state index in [4.69, 9.17) is 25.8 Å². The smallest absolute Gasteiger partial charge is 0.262 e. The third kappa shape index (κ3) is 5.44. The number of ether oxygens (including phenoxy) is 3. The molecule has 7 nitrogen and oxygen atoms in total. The van der Waals surface area contributed by atoms with Gasteiger partial charge in [0.05, 0.1) is 43.0 Å². The summed E-state index contributed by atoms with van der Waals surface area (Å²) in [5.41, 5.74) is 3.82. The van der Waals surface area contributed by atoms with Gasteiger partial charge in [-0.2, -0.15) is 0 Å². The number of aryl methyl sites for hydroxylation is 1. The molecule has 3 aliphatic heterocycles. The number of carbonyl (C=O) groups is 1. The van der Waals surface area contributed by atoms with Gasteiger partial charge in [0.2, 0.25) is 0 Å². The standard InChI is InChI=1S/C33H41ClN2O5S/c1-21-14-26-17-31(41-21)27-8-5-24(27)18-36-19-33(11-3-4-22-15-25(34)7-9-28(22)33)20-40-30-10-6-23(16-29(30)36)32(37)35-42(2,38)13-12-39-26/h6-7,9-10,15-16,21,24,26-27,31H,2-5,8,11-14,17-20H2,1H3,(H,35,37,38)/t21-,24-,26+,27+,31+,33-,42?/m0/s1. The molecule has 2 aromatic rings.